The van der Waals surface area contributed by atoms with Crippen molar-refractivity contribution in [2.75, 3.05) is 13.2 Å². The molecule has 1 atom stereocenters. The normalized spacial score (nSPS) is 14.3. The number of alkyl halides is 3. The van der Waals surface area contributed by atoms with E-state index >= 15 is 0 Å². The van der Waals surface area contributed by atoms with Crippen molar-refractivity contribution in [2.45, 2.75) is 38.1 Å². The predicted octanol–water partition coefficient (Wildman–Crippen LogP) is 2.49. The third-order valence-corrected chi connectivity index (χ3v) is 3.13. The fourth-order valence-electron chi connectivity index (χ4n) is 1.75. The van der Waals surface area contributed by atoms with Crippen LogP contribution in [0.25, 0.3) is 0 Å². The van der Waals surface area contributed by atoms with Gasteiger partial charge in [-0.05, 0) is 38.0 Å². The zero-order chi connectivity index (χ0) is 15.4. The van der Waals surface area contributed by atoms with Gasteiger partial charge in [-0.25, -0.2) is 0 Å². The highest BCUT2D eigenvalue weighted by atomic mass is 19.4. The highest BCUT2D eigenvalue weighted by Crippen LogP contribution is 2.29. The van der Waals surface area contributed by atoms with Gasteiger partial charge in [0.15, 0.2) is 0 Å². The van der Waals surface area contributed by atoms with Crippen molar-refractivity contribution in [1.82, 2.24) is 5.32 Å². The first-order valence-electron chi connectivity index (χ1n) is 6.37. The number of hydrogen-bond acceptors (Lipinski definition) is 3. The monoisotopic (exact) mass is 291 g/mol. The van der Waals surface area contributed by atoms with Crippen LogP contribution in [0.3, 0.4) is 0 Å². The Bertz CT molecular complexity index is 415. The molecule has 0 aliphatic rings. The van der Waals surface area contributed by atoms with E-state index in [-0.39, 0.29) is 18.7 Å². The molecule has 0 heterocycles. The number of hydrogen-bond donors (Lipinski definition) is 3. The zero-order valence-electron chi connectivity index (χ0n) is 11.5. The molecule has 20 heavy (non-hydrogen) atoms. The molecule has 1 aromatic rings. The van der Waals surface area contributed by atoms with Crippen LogP contribution < -0.4 is 5.32 Å². The van der Waals surface area contributed by atoms with Crippen LogP contribution in [-0.4, -0.2) is 28.9 Å². The molecule has 3 nitrogen and oxygen atoms in total. The van der Waals surface area contributed by atoms with Crippen LogP contribution in [0, 0.1) is 0 Å². The van der Waals surface area contributed by atoms with Crippen molar-refractivity contribution in [3.8, 4) is 0 Å². The van der Waals surface area contributed by atoms with Gasteiger partial charge in [0.1, 0.15) is 0 Å². The summed E-state index contributed by atoms with van der Waals surface area (Å²) in [4.78, 5) is 0. The fraction of sp³-hybridized carbons (Fsp3) is 0.571. The number of aliphatic hydroxyl groups is 2. The molecule has 0 aliphatic heterocycles. The van der Waals surface area contributed by atoms with Crippen LogP contribution in [0.1, 0.15) is 37.5 Å². The molecule has 3 N–H and O–H groups in total. The molecule has 0 spiro atoms. The van der Waals surface area contributed by atoms with E-state index in [9.17, 15) is 18.3 Å². The lowest BCUT2D eigenvalue weighted by molar-refractivity contribution is -0.137. The summed E-state index contributed by atoms with van der Waals surface area (Å²) in [6, 6.07) is 4.46. The minimum atomic E-state index is -4.37. The summed E-state index contributed by atoms with van der Waals surface area (Å²) in [6.07, 6.45) is -4.74. The Morgan fingerprint density at radius 2 is 1.70 bits per heavy atom. The Labute approximate surface area is 116 Å². The van der Waals surface area contributed by atoms with Crippen LogP contribution in [0.2, 0.25) is 0 Å². The van der Waals surface area contributed by atoms with Crippen LogP contribution in [0.4, 0.5) is 13.2 Å². The fourth-order valence-corrected chi connectivity index (χ4v) is 1.75. The maximum Gasteiger partial charge on any atom is 0.416 e. The van der Waals surface area contributed by atoms with Crippen LogP contribution in [-0.2, 0) is 6.18 Å². The van der Waals surface area contributed by atoms with Gasteiger partial charge in [0.05, 0.1) is 11.7 Å². The first kappa shape index (κ1) is 16.9. The van der Waals surface area contributed by atoms with E-state index in [1.807, 2.05) is 13.8 Å². The molecular weight excluding hydrogens is 271 g/mol. The molecule has 6 heteroatoms. The minimum absolute atomic E-state index is 0.0242. The zero-order valence-corrected chi connectivity index (χ0v) is 11.5. The molecule has 1 unspecified atom stereocenters. The molecule has 0 fully saturated rings. The number of nitrogens with one attached hydrogen (secondary N) is 1. The summed E-state index contributed by atoms with van der Waals surface area (Å²) in [7, 11) is 0. The molecule has 0 radical (unpaired) electrons. The number of β-amino-alcohol motifs (C(OH)–C–C–N with tert-alkyl or cyclic N) is 1. The lowest BCUT2D eigenvalue weighted by Crippen LogP contribution is -2.42. The standard InChI is InChI=1S/C14H20F3NO2/c1-13(2,7-8-19)18-9-12(20)10-3-5-11(6-4-10)14(15,16)17/h3-6,12,18-20H,7-9H2,1-2H3. The van der Waals surface area contributed by atoms with Gasteiger partial charge in [-0.1, -0.05) is 12.1 Å². The summed E-state index contributed by atoms with van der Waals surface area (Å²) in [5.41, 5.74) is -0.658. The van der Waals surface area contributed by atoms with Crippen molar-refractivity contribution >= 4 is 0 Å². The van der Waals surface area contributed by atoms with Gasteiger partial charge >= 0.3 is 6.18 Å². The summed E-state index contributed by atoms with van der Waals surface area (Å²) in [6.45, 7) is 3.99. The van der Waals surface area contributed by atoms with E-state index in [1.165, 1.54) is 12.1 Å². The second-order valence-corrected chi connectivity index (χ2v) is 5.37. The highest BCUT2D eigenvalue weighted by Gasteiger charge is 2.30. The average molecular weight is 291 g/mol. The molecule has 0 aliphatic carbocycles. The molecule has 0 amide bonds. The van der Waals surface area contributed by atoms with Crippen molar-refractivity contribution in [3.63, 3.8) is 0 Å². The molecule has 0 saturated carbocycles. The Balaban J connectivity index is 2.62. The quantitative estimate of drug-likeness (QED) is 0.755. The van der Waals surface area contributed by atoms with Gasteiger partial charge in [0.25, 0.3) is 0 Å². The maximum absolute atomic E-state index is 12.4. The molecule has 0 bridgehead atoms. The third-order valence-electron chi connectivity index (χ3n) is 3.13. The second kappa shape index (κ2) is 6.56. The lowest BCUT2D eigenvalue weighted by atomic mass is 10.00. The van der Waals surface area contributed by atoms with Crippen molar-refractivity contribution in [1.29, 1.82) is 0 Å². The first-order valence-corrected chi connectivity index (χ1v) is 6.37. The SMILES string of the molecule is CC(C)(CCO)NCC(O)c1ccc(C(F)(F)F)cc1. The summed E-state index contributed by atoms with van der Waals surface area (Å²) < 4.78 is 37.2. The van der Waals surface area contributed by atoms with Gasteiger partial charge in [-0.15, -0.1) is 0 Å². The average Bonchev–Trinajstić information content (AvgIpc) is 2.35. The van der Waals surface area contributed by atoms with Gasteiger partial charge in [0.2, 0.25) is 0 Å². The van der Waals surface area contributed by atoms with E-state index < -0.39 is 17.8 Å². The van der Waals surface area contributed by atoms with Crippen LogP contribution in [0.15, 0.2) is 24.3 Å². The third kappa shape index (κ3) is 5.11. The summed E-state index contributed by atoms with van der Waals surface area (Å²) >= 11 is 0. The van der Waals surface area contributed by atoms with E-state index in [0.717, 1.165) is 12.1 Å². The molecule has 1 aromatic carbocycles. The van der Waals surface area contributed by atoms with Crippen molar-refractivity contribution < 1.29 is 23.4 Å². The topological polar surface area (TPSA) is 52.5 Å². The minimum Gasteiger partial charge on any atom is -0.396 e. The molecule has 0 aromatic heterocycles. The number of rotatable bonds is 6. The van der Waals surface area contributed by atoms with E-state index in [1.54, 1.807) is 0 Å². The number of halogens is 3. The van der Waals surface area contributed by atoms with E-state index in [2.05, 4.69) is 5.32 Å². The Morgan fingerprint density at radius 3 is 2.15 bits per heavy atom. The van der Waals surface area contributed by atoms with Gasteiger partial charge in [-0.2, -0.15) is 13.2 Å². The smallest absolute Gasteiger partial charge is 0.396 e. The van der Waals surface area contributed by atoms with E-state index in [4.69, 9.17) is 5.11 Å². The number of benzene rings is 1. The van der Waals surface area contributed by atoms with E-state index in [0.29, 0.717) is 12.0 Å². The highest BCUT2D eigenvalue weighted by molar-refractivity contribution is 5.26. The molecular formula is C14H20F3NO2. The van der Waals surface area contributed by atoms with Gasteiger partial charge < -0.3 is 15.5 Å². The van der Waals surface area contributed by atoms with Crippen molar-refractivity contribution in [3.05, 3.63) is 35.4 Å². The Hall–Kier alpha value is -1.11. The summed E-state index contributed by atoms with van der Waals surface area (Å²) in [5.74, 6) is 0. The van der Waals surface area contributed by atoms with Gasteiger partial charge in [0, 0.05) is 18.7 Å². The number of aliphatic hydroxyl groups excluding tert-OH is 2. The molecule has 0 saturated heterocycles. The molecule has 1 rings (SSSR count). The maximum atomic E-state index is 12.4. The second-order valence-electron chi connectivity index (χ2n) is 5.37. The lowest BCUT2D eigenvalue weighted by Gasteiger charge is -2.27. The van der Waals surface area contributed by atoms with Gasteiger partial charge in [-0.3, -0.25) is 0 Å². The Morgan fingerprint density at radius 1 is 1.15 bits per heavy atom. The summed E-state index contributed by atoms with van der Waals surface area (Å²) in [5, 5.41) is 21.9. The van der Waals surface area contributed by atoms with Crippen LogP contribution in [0.5, 0.6) is 0 Å². The first-order chi connectivity index (χ1) is 9.15. The molecule has 114 valence electrons. The largest absolute Gasteiger partial charge is 0.416 e. The van der Waals surface area contributed by atoms with Crippen LogP contribution >= 0.6 is 0 Å². The van der Waals surface area contributed by atoms with Crippen molar-refractivity contribution in [2.24, 2.45) is 0 Å². The predicted molar refractivity (Wildman–Crippen MR) is 70.2 cm³/mol. The Kier molecular flexibility index (Phi) is 5.56.